The summed E-state index contributed by atoms with van der Waals surface area (Å²) >= 11 is 1.69. The van der Waals surface area contributed by atoms with Crippen molar-refractivity contribution in [3.8, 4) is 0 Å². The van der Waals surface area contributed by atoms with Crippen molar-refractivity contribution in [3.05, 3.63) is 18.2 Å². The number of anilines is 2. The Kier molecular flexibility index (Phi) is 5.78. The van der Waals surface area contributed by atoms with Gasteiger partial charge >= 0.3 is 0 Å². The lowest BCUT2D eigenvalue weighted by Gasteiger charge is -2.23. The third kappa shape index (κ3) is 4.52. The van der Waals surface area contributed by atoms with Gasteiger partial charge in [0.2, 0.25) is 10.0 Å². The summed E-state index contributed by atoms with van der Waals surface area (Å²) < 4.78 is 32.7. The first-order valence-corrected chi connectivity index (χ1v) is 9.68. The summed E-state index contributed by atoms with van der Waals surface area (Å²) in [6.07, 6.45) is 2.12. The van der Waals surface area contributed by atoms with Crippen LogP contribution >= 0.6 is 11.8 Å². The molecule has 0 aromatic heterocycles. The molecule has 3 N–H and O–H groups in total. The Hall–Kier alpha value is -0.920. The molecule has 1 aromatic rings. The molecule has 0 unspecified atom stereocenters. The van der Waals surface area contributed by atoms with Crippen molar-refractivity contribution in [2.75, 3.05) is 29.4 Å². The number of nitrogens with two attached hydrogens (primary N) is 1. The maximum atomic E-state index is 12.4. The summed E-state index contributed by atoms with van der Waals surface area (Å²) in [7, 11) is -3.42. The van der Waals surface area contributed by atoms with Gasteiger partial charge in [0.1, 0.15) is 0 Å². The van der Waals surface area contributed by atoms with E-state index in [1.54, 1.807) is 17.8 Å². The molecule has 118 valence electrons. The van der Waals surface area contributed by atoms with E-state index in [1.165, 1.54) is 0 Å². The van der Waals surface area contributed by atoms with Crippen molar-refractivity contribution < 1.29 is 13.2 Å². The highest BCUT2D eigenvalue weighted by molar-refractivity contribution is 7.99. The number of hydrogen-bond acceptors (Lipinski definition) is 5. The molecule has 1 heterocycles. The molecule has 1 fully saturated rings. The van der Waals surface area contributed by atoms with Gasteiger partial charge in [0.15, 0.2) is 0 Å². The summed E-state index contributed by atoms with van der Waals surface area (Å²) in [5, 5.41) is -0.405. The molecule has 1 aliphatic rings. The van der Waals surface area contributed by atoms with Gasteiger partial charge in [-0.25, -0.2) is 8.42 Å². The molecule has 1 saturated heterocycles. The van der Waals surface area contributed by atoms with E-state index in [0.29, 0.717) is 37.4 Å². The van der Waals surface area contributed by atoms with E-state index in [-0.39, 0.29) is 0 Å². The molecule has 0 atom stereocenters. The zero-order valence-electron chi connectivity index (χ0n) is 12.2. The average Bonchev–Trinajstić information content (AvgIpc) is 2.49. The molecule has 1 aliphatic heterocycles. The average molecular weight is 330 g/mol. The van der Waals surface area contributed by atoms with E-state index in [9.17, 15) is 8.42 Å². The lowest BCUT2D eigenvalue weighted by atomic mass is 10.2. The molecule has 0 saturated carbocycles. The summed E-state index contributed by atoms with van der Waals surface area (Å²) in [6.45, 7) is 3.10. The summed E-state index contributed by atoms with van der Waals surface area (Å²) in [5.74, 6) is 0.996. The third-order valence-electron chi connectivity index (χ3n) is 3.36. The lowest BCUT2D eigenvalue weighted by molar-refractivity contribution is 0.0984. The third-order valence-corrected chi connectivity index (χ3v) is 6.41. The fourth-order valence-electron chi connectivity index (χ4n) is 2.16. The molecule has 21 heavy (non-hydrogen) atoms. The van der Waals surface area contributed by atoms with Crippen LogP contribution < -0.4 is 10.5 Å². The highest BCUT2D eigenvalue weighted by atomic mass is 32.2. The molecule has 5 nitrogen and oxygen atoms in total. The van der Waals surface area contributed by atoms with Crippen molar-refractivity contribution in [1.82, 2.24) is 0 Å². The Morgan fingerprint density at radius 3 is 2.76 bits per heavy atom. The molecule has 7 heteroatoms. The molecule has 0 spiro atoms. The van der Waals surface area contributed by atoms with Crippen LogP contribution in [-0.2, 0) is 14.8 Å². The van der Waals surface area contributed by atoms with Crippen molar-refractivity contribution in [1.29, 1.82) is 0 Å². The van der Waals surface area contributed by atoms with Gasteiger partial charge in [-0.15, -0.1) is 11.8 Å². The minimum atomic E-state index is -3.42. The summed E-state index contributed by atoms with van der Waals surface area (Å²) in [5.41, 5.74) is 6.82. The minimum Gasteiger partial charge on any atom is -0.397 e. The summed E-state index contributed by atoms with van der Waals surface area (Å²) in [6, 6.07) is 5.48. The van der Waals surface area contributed by atoms with Gasteiger partial charge in [-0.2, -0.15) is 0 Å². The smallest absolute Gasteiger partial charge is 0.235 e. The van der Waals surface area contributed by atoms with Gasteiger partial charge in [0, 0.05) is 18.1 Å². The van der Waals surface area contributed by atoms with Crippen LogP contribution in [0.1, 0.15) is 26.2 Å². The van der Waals surface area contributed by atoms with Crippen LogP contribution in [-0.4, -0.2) is 32.6 Å². The van der Waals surface area contributed by atoms with Crippen LogP contribution in [0.15, 0.2) is 23.1 Å². The Morgan fingerprint density at radius 1 is 1.38 bits per heavy atom. The topological polar surface area (TPSA) is 81.4 Å². The van der Waals surface area contributed by atoms with E-state index in [1.807, 2.05) is 12.1 Å². The molecule has 2 rings (SSSR count). The van der Waals surface area contributed by atoms with E-state index in [2.05, 4.69) is 11.6 Å². The Balaban J connectivity index is 2.13. The van der Waals surface area contributed by atoms with Gasteiger partial charge in [-0.1, -0.05) is 6.92 Å². The van der Waals surface area contributed by atoms with Crippen LogP contribution in [0.4, 0.5) is 11.4 Å². The first kappa shape index (κ1) is 16.5. The van der Waals surface area contributed by atoms with Gasteiger partial charge in [0.05, 0.1) is 16.6 Å². The van der Waals surface area contributed by atoms with E-state index < -0.39 is 15.3 Å². The molecule has 0 radical (unpaired) electrons. The van der Waals surface area contributed by atoms with Crippen molar-refractivity contribution >= 4 is 33.2 Å². The Morgan fingerprint density at radius 2 is 2.10 bits per heavy atom. The second-order valence-electron chi connectivity index (χ2n) is 5.06. The maximum absolute atomic E-state index is 12.4. The van der Waals surface area contributed by atoms with E-state index in [4.69, 9.17) is 10.5 Å². The maximum Gasteiger partial charge on any atom is 0.235 e. The van der Waals surface area contributed by atoms with E-state index >= 15 is 0 Å². The van der Waals surface area contributed by atoms with E-state index in [0.717, 1.165) is 17.1 Å². The highest BCUT2D eigenvalue weighted by Gasteiger charge is 2.28. The minimum absolute atomic E-state index is 0.405. The standard InChI is InChI=1S/C14H22N2O3S2/c1-2-9-20-11-3-4-13(15)14(10-11)16-21(17,18)12-5-7-19-8-6-12/h3-4,10,12,16H,2,5-9,15H2,1H3. The van der Waals surface area contributed by atoms with Crippen LogP contribution in [0.5, 0.6) is 0 Å². The second-order valence-corrected chi connectivity index (χ2v) is 8.19. The number of sulfonamides is 1. The normalized spacial score (nSPS) is 16.8. The van der Waals surface area contributed by atoms with Crippen molar-refractivity contribution in [2.45, 2.75) is 36.3 Å². The number of thioether (sulfide) groups is 1. The second kappa shape index (κ2) is 7.38. The van der Waals surface area contributed by atoms with Gasteiger partial charge in [0.25, 0.3) is 0 Å². The fourth-order valence-corrected chi connectivity index (χ4v) is 4.42. The molecular weight excluding hydrogens is 308 g/mol. The van der Waals surface area contributed by atoms with Crippen LogP contribution in [0.25, 0.3) is 0 Å². The molecule has 0 bridgehead atoms. The molecule has 0 amide bonds. The van der Waals surface area contributed by atoms with Gasteiger partial charge < -0.3 is 10.5 Å². The lowest BCUT2D eigenvalue weighted by Crippen LogP contribution is -2.33. The predicted octanol–water partition coefficient (Wildman–Crippen LogP) is 2.69. The number of ether oxygens (including phenoxy) is 1. The SMILES string of the molecule is CCCSc1ccc(N)c(NS(=O)(=O)C2CCOCC2)c1. The monoisotopic (exact) mass is 330 g/mol. The fraction of sp³-hybridized carbons (Fsp3) is 0.571. The summed E-state index contributed by atoms with van der Waals surface area (Å²) in [4.78, 5) is 1.02. The van der Waals surface area contributed by atoms with Crippen LogP contribution in [0.2, 0.25) is 0 Å². The molecular formula is C14H22N2O3S2. The molecule has 1 aromatic carbocycles. The Bertz CT molecular complexity index is 570. The largest absolute Gasteiger partial charge is 0.397 e. The Labute approximate surface area is 130 Å². The highest BCUT2D eigenvalue weighted by Crippen LogP contribution is 2.29. The zero-order chi connectivity index (χ0) is 15.3. The van der Waals surface area contributed by atoms with Crippen LogP contribution in [0, 0.1) is 0 Å². The number of rotatable bonds is 6. The van der Waals surface area contributed by atoms with Gasteiger partial charge in [-0.3, -0.25) is 4.72 Å². The first-order chi connectivity index (χ1) is 10.0. The number of nitrogen functional groups attached to an aromatic ring is 1. The molecule has 0 aliphatic carbocycles. The number of hydrogen-bond donors (Lipinski definition) is 2. The first-order valence-electron chi connectivity index (χ1n) is 7.14. The van der Waals surface area contributed by atoms with Crippen LogP contribution in [0.3, 0.4) is 0 Å². The zero-order valence-corrected chi connectivity index (χ0v) is 13.8. The van der Waals surface area contributed by atoms with Gasteiger partial charge in [-0.05, 0) is 43.2 Å². The predicted molar refractivity (Wildman–Crippen MR) is 88.3 cm³/mol. The number of benzene rings is 1. The quantitative estimate of drug-likeness (QED) is 0.619. The van der Waals surface area contributed by atoms with Crippen molar-refractivity contribution in [2.24, 2.45) is 0 Å². The number of nitrogens with one attached hydrogen (secondary N) is 1. The van der Waals surface area contributed by atoms with Crippen molar-refractivity contribution in [3.63, 3.8) is 0 Å².